The third-order valence-corrected chi connectivity index (χ3v) is 4.08. The summed E-state index contributed by atoms with van der Waals surface area (Å²) >= 11 is 0. The molecule has 0 radical (unpaired) electrons. The van der Waals surface area contributed by atoms with E-state index in [2.05, 4.69) is 28.4 Å². The molecule has 1 aliphatic rings. The van der Waals surface area contributed by atoms with Crippen LogP contribution in [0.2, 0.25) is 0 Å². The summed E-state index contributed by atoms with van der Waals surface area (Å²) in [6, 6.07) is 4.39. The average Bonchev–Trinajstić information content (AvgIpc) is 2.96. The lowest BCUT2D eigenvalue weighted by Gasteiger charge is -2.19. The van der Waals surface area contributed by atoms with Crippen LogP contribution in [0, 0.1) is 5.41 Å². The normalized spacial score (nSPS) is 21.7. The Labute approximate surface area is 113 Å². The number of anilines is 1. The van der Waals surface area contributed by atoms with E-state index in [1.165, 1.54) is 19.3 Å². The summed E-state index contributed by atoms with van der Waals surface area (Å²) in [4.78, 5) is 8.49. The van der Waals surface area contributed by atoms with Crippen molar-refractivity contribution in [3.63, 3.8) is 0 Å². The Kier molecular flexibility index (Phi) is 2.81. The summed E-state index contributed by atoms with van der Waals surface area (Å²) < 4.78 is 2.29. The van der Waals surface area contributed by atoms with Gasteiger partial charge in [0.2, 0.25) is 0 Å². The van der Waals surface area contributed by atoms with Gasteiger partial charge in [-0.15, -0.1) is 0 Å². The molecule has 0 aromatic carbocycles. The minimum Gasteiger partial charge on any atom is -0.384 e. The Hall–Kier alpha value is -1.84. The van der Waals surface area contributed by atoms with E-state index in [1.54, 1.807) is 0 Å². The number of pyridine rings is 1. The van der Waals surface area contributed by atoms with E-state index in [9.17, 15) is 0 Å². The summed E-state index contributed by atoms with van der Waals surface area (Å²) in [5, 5.41) is 0. The number of hydrogen-bond donors (Lipinski definition) is 1. The van der Waals surface area contributed by atoms with Gasteiger partial charge in [0.05, 0.1) is 18.2 Å². The molecule has 19 heavy (non-hydrogen) atoms. The number of imidazole rings is 1. The zero-order valence-corrected chi connectivity index (χ0v) is 11.5. The molecule has 2 aromatic rings. The third-order valence-electron chi connectivity index (χ3n) is 4.08. The molecule has 1 fully saturated rings. The van der Waals surface area contributed by atoms with Crippen LogP contribution < -0.4 is 5.73 Å². The van der Waals surface area contributed by atoms with Crippen molar-refractivity contribution in [2.24, 2.45) is 5.41 Å². The molecule has 1 unspecified atom stereocenters. The van der Waals surface area contributed by atoms with E-state index in [4.69, 9.17) is 5.73 Å². The fourth-order valence-corrected chi connectivity index (χ4v) is 3.01. The molecular formula is C15H20N4. The van der Waals surface area contributed by atoms with Crippen molar-refractivity contribution in [3.8, 4) is 11.3 Å². The van der Waals surface area contributed by atoms with Gasteiger partial charge in [0.15, 0.2) is 0 Å². The van der Waals surface area contributed by atoms with Gasteiger partial charge in [-0.1, -0.05) is 13.8 Å². The third kappa shape index (κ3) is 2.35. The van der Waals surface area contributed by atoms with Gasteiger partial charge in [-0.05, 0) is 36.8 Å². The minimum atomic E-state index is 0.436. The second-order valence-corrected chi connectivity index (χ2v) is 6.22. The highest BCUT2D eigenvalue weighted by atomic mass is 15.1. The molecule has 1 atom stereocenters. The number of aromatic nitrogens is 3. The quantitative estimate of drug-likeness (QED) is 0.897. The van der Waals surface area contributed by atoms with Crippen molar-refractivity contribution in [2.45, 2.75) is 39.2 Å². The van der Waals surface area contributed by atoms with E-state index in [1.807, 2.05) is 30.9 Å². The predicted octanol–water partition coefficient (Wildman–Crippen LogP) is 3.28. The Morgan fingerprint density at radius 1 is 1.32 bits per heavy atom. The van der Waals surface area contributed by atoms with E-state index in [-0.39, 0.29) is 0 Å². The Bertz CT molecular complexity index is 568. The molecule has 0 bridgehead atoms. The maximum absolute atomic E-state index is 5.64. The monoisotopic (exact) mass is 256 g/mol. The van der Waals surface area contributed by atoms with Crippen LogP contribution >= 0.6 is 0 Å². The van der Waals surface area contributed by atoms with Crippen LogP contribution in [0.1, 0.15) is 39.2 Å². The molecule has 2 N–H and O–H groups in total. The molecule has 0 amide bonds. The van der Waals surface area contributed by atoms with Gasteiger partial charge in [0, 0.05) is 17.8 Å². The number of nitrogen functional groups attached to an aromatic ring is 1. The highest BCUT2D eigenvalue weighted by Crippen LogP contribution is 2.44. The van der Waals surface area contributed by atoms with Gasteiger partial charge in [-0.25, -0.2) is 9.97 Å². The van der Waals surface area contributed by atoms with Gasteiger partial charge < -0.3 is 10.3 Å². The van der Waals surface area contributed by atoms with Crippen molar-refractivity contribution >= 4 is 5.82 Å². The maximum atomic E-state index is 5.64. The van der Waals surface area contributed by atoms with E-state index >= 15 is 0 Å². The zero-order valence-electron chi connectivity index (χ0n) is 11.5. The van der Waals surface area contributed by atoms with Gasteiger partial charge >= 0.3 is 0 Å². The molecule has 0 spiro atoms. The largest absolute Gasteiger partial charge is 0.384 e. The topological polar surface area (TPSA) is 56.7 Å². The standard InChI is InChI=1S/C15H20N4/c1-15(2)6-5-12(7-15)19-10-17-9-13(19)11-3-4-14(16)18-8-11/h3-4,8-10,12H,5-7H2,1-2H3,(H2,16,18). The minimum absolute atomic E-state index is 0.436. The first kappa shape index (κ1) is 12.2. The van der Waals surface area contributed by atoms with Crippen molar-refractivity contribution in [3.05, 3.63) is 30.9 Å². The second-order valence-electron chi connectivity index (χ2n) is 6.22. The first-order chi connectivity index (χ1) is 9.05. The van der Waals surface area contributed by atoms with Gasteiger partial charge in [-0.3, -0.25) is 0 Å². The first-order valence-electron chi connectivity index (χ1n) is 6.79. The van der Waals surface area contributed by atoms with Crippen molar-refractivity contribution < 1.29 is 0 Å². The molecule has 100 valence electrons. The molecule has 3 rings (SSSR count). The van der Waals surface area contributed by atoms with Crippen LogP contribution in [-0.4, -0.2) is 14.5 Å². The molecule has 2 heterocycles. The summed E-state index contributed by atoms with van der Waals surface area (Å²) in [5.41, 5.74) is 8.29. The van der Waals surface area contributed by atoms with Crippen molar-refractivity contribution in [2.75, 3.05) is 5.73 Å². The highest BCUT2D eigenvalue weighted by Gasteiger charge is 2.32. The van der Waals surface area contributed by atoms with Crippen LogP contribution in [0.5, 0.6) is 0 Å². The van der Waals surface area contributed by atoms with E-state index < -0.39 is 0 Å². The zero-order chi connectivity index (χ0) is 13.5. The second kappa shape index (κ2) is 4.37. The van der Waals surface area contributed by atoms with Crippen molar-refractivity contribution in [1.82, 2.24) is 14.5 Å². The number of hydrogen-bond acceptors (Lipinski definition) is 3. The Morgan fingerprint density at radius 2 is 2.16 bits per heavy atom. The lowest BCUT2D eigenvalue weighted by Crippen LogP contribution is -2.09. The SMILES string of the molecule is CC1(C)CCC(n2cncc2-c2ccc(N)nc2)C1. The lowest BCUT2D eigenvalue weighted by atomic mass is 9.92. The molecule has 4 heteroatoms. The van der Waals surface area contributed by atoms with Crippen LogP contribution in [0.25, 0.3) is 11.3 Å². The summed E-state index contributed by atoms with van der Waals surface area (Å²) in [6.07, 6.45) is 9.38. The predicted molar refractivity (Wildman–Crippen MR) is 76.5 cm³/mol. The highest BCUT2D eigenvalue weighted by molar-refractivity contribution is 5.59. The first-order valence-corrected chi connectivity index (χ1v) is 6.79. The number of nitrogens with zero attached hydrogens (tertiary/aromatic N) is 3. The molecule has 1 saturated carbocycles. The molecular weight excluding hydrogens is 236 g/mol. The van der Waals surface area contributed by atoms with Gasteiger partial charge in [0.25, 0.3) is 0 Å². The smallest absolute Gasteiger partial charge is 0.123 e. The van der Waals surface area contributed by atoms with Crippen LogP contribution in [-0.2, 0) is 0 Å². The van der Waals surface area contributed by atoms with E-state index in [0.29, 0.717) is 17.3 Å². The molecule has 0 saturated heterocycles. The molecule has 0 aliphatic heterocycles. The summed E-state index contributed by atoms with van der Waals surface area (Å²) in [5.74, 6) is 0.553. The van der Waals surface area contributed by atoms with Crippen LogP contribution in [0.15, 0.2) is 30.9 Å². The average molecular weight is 256 g/mol. The Balaban J connectivity index is 1.93. The molecule has 1 aliphatic carbocycles. The summed E-state index contributed by atoms with van der Waals surface area (Å²) in [6.45, 7) is 4.68. The molecule has 4 nitrogen and oxygen atoms in total. The Morgan fingerprint density at radius 3 is 2.79 bits per heavy atom. The van der Waals surface area contributed by atoms with E-state index in [0.717, 1.165) is 11.3 Å². The maximum Gasteiger partial charge on any atom is 0.123 e. The molecule has 2 aromatic heterocycles. The number of rotatable bonds is 2. The fourth-order valence-electron chi connectivity index (χ4n) is 3.01. The summed E-state index contributed by atoms with van der Waals surface area (Å²) in [7, 11) is 0. The van der Waals surface area contributed by atoms with Gasteiger partial charge in [0.1, 0.15) is 5.82 Å². The van der Waals surface area contributed by atoms with Crippen LogP contribution in [0.4, 0.5) is 5.82 Å². The fraction of sp³-hybridized carbons (Fsp3) is 0.467. The lowest BCUT2D eigenvalue weighted by molar-refractivity contribution is 0.359. The van der Waals surface area contributed by atoms with Gasteiger partial charge in [-0.2, -0.15) is 0 Å². The van der Waals surface area contributed by atoms with Crippen LogP contribution in [0.3, 0.4) is 0 Å². The van der Waals surface area contributed by atoms with Crippen molar-refractivity contribution in [1.29, 1.82) is 0 Å². The number of nitrogens with two attached hydrogens (primary N) is 1.